The molecule has 0 saturated carbocycles. The molecular formula is C25H32N2O5S. The van der Waals surface area contributed by atoms with Gasteiger partial charge in [0.25, 0.3) is 15.9 Å². The Bertz CT molecular complexity index is 1090. The van der Waals surface area contributed by atoms with Gasteiger partial charge in [-0.1, -0.05) is 31.5 Å². The number of methoxy groups -OCH3 is 1. The van der Waals surface area contributed by atoms with E-state index in [1.54, 1.807) is 36.1 Å². The Hall–Kier alpha value is -2.87. The van der Waals surface area contributed by atoms with Gasteiger partial charge in [0.15, 0.2) is 0 Å². The highest BCUT2D eigenvalue weighted by Gasteiger charge is 2.29. The first kappa shape index (κ1) is 24.8. The number of amides is 1. The van der Waals surface area contributed by atoms with Gasteiger partial charge in [-0.05, 0) is 68.0 Å². The van der Waals surface area contributed by atoms with E-state index in [9.17, 15) is 18.0 Å². The largest absolute Gasteiger partial charge is 0.469 e. The van der Waals surface area contributed by atoms with Crippen LogP contribution in [0, 0.1) is 12.8 Å². The predicted molar refractivity (Wildman–Crippen MR) is 128 cm³/mol. The van der Waals surface area contributed by atoms with E-state index in [0.717, 1.165) is 19.3 Å². The zero-order valence-corrected chi connectivity index (χ0v) is 20.3. The Labute approximate surface area is 196 Å². The summed E-state index contributed by atoms with van der Waals surface area (Å²) in [5.74, 6) is -0.698. The number of piperidine rings is 1. The van der Waals surface area contributed by atoms with Crippen molar-refractivity contribution < 1.29 is 22.7 Å². The Morgan fingerprint density at radius 1 is 1.09 bits per heavy atom. The van der Waals surface area contributed by atoms with Crippen molar-refractivity contribution in [2.45, 2.75) is 50.8 Å². The van der Waals surface area contributed by atoms with Crippen molar-refractivity contribution in [2.24, 2.45) is 5.92 Å². The van der Waals surface area contributed by atoms with E-state index in [4.69, 9.17) is 4.74 Å². The summed E-state index contributed by atoms with van der Waals surface area (Å²) in [5, 5.41) is 0. The Balaban J connectivity index is 1.73. The Kier molecular flexibility index (Phi) is 8.13. The van der Waals surface area contributed by atoms with Gasteiger partial charge < -0.3 is 9.64 Å². The van der Waals surface area contributed by atoms with Gasteiger partial charge in [-0.25, -0.2) is 8.42 Å². The molecule has 1 N–H and O–H groups in total. The second kappa shape index (κ2) is 10.8. The normalized spacial score (nSPS) is 14.7. The molecule has 1 aliphatic rings. The number of rotatable bonds is 8. The monoisotopic (exact) mass is 472 g/mol. The summed E-state index contributed by atoms with van der Waals surface area (Å²) in [5.41, 5.74) is 2.52. The zero-order chi connectivity index (χ0) is 24.0. The van der Waals surface area contributed by atoms with Gasteiger partial charge in [0, 0.05) is 24.3 Å². The zero-order valence-electron chi connectivity index (χ0n) is 19.5. The molecule has 0 aliphatic carbocycles. The lowest BCUT2D eigenvalue weighted by atomic mass is 9.96. The Morgan fingerprint density at radius 2 is 1.76 bits per heavy atom. The average molecular weight is 473 g/mol. The maximum absolute atomic E-state index is 13.1. The smallest absolute Gasteiger partial charge is 0.308 e. The molecule has 2 aromatic carbocycles. The molecule has 178 valence electrons. The number of benzene rings is 2. The van der Waals surface area contributed by atoms with Gasteiger partial charge in [0.1, 0.15) is 0 Å². The van der Waals surface area contributed by atoms with Gasteiger partial charge in [0.2, 0.25) is 0 Å². The summed E-state index contributed by atoms with van der Waals surface area (Å²) in [4.78, 5) is 26.5. The molecule has 1 aliphatic heterocycles. The third kappa shape index (κ3) is 6.13. The van der Waals surface area contributed by atoms with E-state index in [1.807, 2.05) is 12.1 Å². The third-order valence-corrected chi connectivity index (χ3v) is 7.59. The summed E-state index contributed by atoms with van der Waals surface area (Å²) >= 11 is 0. The molecule has 1 fully saturated rings. The van der Waals surface area contributed by atoms with Crippen molar-refractivity contribution in [3.63, 3.8) is 0 Å². The van der Waals surface area contributed by atoms with E-state index >= 15 is 0 Å². The standard InChI is InChI=1S/C25H32N2O5S/c1-4-5-6-19-8-11-22(12-9-19)26-33(30,31)23-17-21(10-7-18(23)2)24(28)27-15-13-20(14-16-27)25(29)32-3/h7-12,17,20,26H,4-6,13-16H2,1-3H3. The lowest BCUT2D eigenvalue weighted by molar-refractivity contribution is -0.146. The quantitative estimate of drug-likeness (QED) is 0.582. The summed E-state index contributed by atoms with van der Waals surface area (Å²) in [6.07, 6.45) is 4.22. The van der Waals surface area contributed by atoms with Gasteiger partial charge in [-0.3, -0.25) is 14.3 Å². The van der Waals surface area contributed by atoms with E-state index in [-0.39, 0.29) is 22.7 Å². The van der Waals surface area contributed by atoms with Gasteiger partial charge >= 0.3 is 5.97 Å². The van der Waals surface area contributed by atoms with Crippen LogP contribution in [0.4, 0.5) is 5.69 Å². The van der Waals surface area contributed by atoms with E-state index in [0.29, 0.717) is 42.7 Å². The average Bonchev–Trinajstić information content (AvgIpc) is 2.82. The maximum Gasteiger partial charge on any atom is 0.308 e. The van der Waals surface area contributed by atoms with Crippen LogP contribution in [0.1, 0.15) is 54.1 Å². The summed E-state index contributed by atoms with van der Waals surface area (Å²) < 4.78 is 33.6. The van der Waals surface area contributed by atoms with Gasteiger partial charge in [-0.15, -0.1) is 0 Å². The molecule has 0 spiro atoms. The third-order valence-electron chi connectivity index (χ3n) is 6.07. The van der Waals surface area contributed by atoms with Gasteiger partial charge in [0.05, 0.1) is 17.9 Å². The van der Waals surface area contributed by atoms with Crippen LogP contribution in [-0.2, 0) is 26.0 Å². The van der Waals surface area contributed by atoms with Crippen LogP contribution < -0.4 is 4.72 Å². The number of aryl methyl sites for hydroxylation is 2. The molecule has 0 bridgehead atoms. The molecule has 8 heteroatoms. The summed E-state index contributed by atoms with van der Waals surface area (Å²) in [7, 11) is -2.50. The van der Waals surface area contributed by atoms with Crippen LogP contribution in [0.2, 0.25) is 0 Å². The SMILES string of the molecule is CCCCc1ccc(NS(=O)(=O)c2cc(C(=O)N3CCC(C(=O)OC)CC3)ccc2C)cc1. The molecule has 7 nitrogen and oxygen atoms in total. The fourth-order valence-corrected chi connectivity index (χ4v) is 5.35. The van der Waals surface area contributed by atoms with Crippen molar-refractivity contribution in [3.05, 3.63) is 59.2 Å². The molecular weight excluding hydrogens is 440 g/mol. The van der Waals surface area contributed by atoms with Crippen molar-refractivity contribution in [1.82, 2.24) is 4.90 Å². The van der Waals surface area contributed by atoms with Crippen LogP contribution >= 0.6 is 0 Å². The van der Waals surface area contributed by atoms with Gasteiger partial charge in [-0.2, -0.15) is 0 Å². The van der Waals surface area contributed by atoms with Crippen LogP contribution in [0.25, 0.3) is 0 Å². The topological polar surface area (TPSA) is 92.8 Å². The molecule has 0 aromatic heterocycles. The van der Waals surface area contributed by atoms with E-state index in [1.165, 1.54) is 18.7 Å². The highest BCUT2D eigenvalue weighted by Crippen LogP contribution is 2.24. The van der Waals surface area contributed by atoms with Crippen LogP contribution in [0.15, 0.2) is 47.4 Å². The molecule has 0 unspecified atom stereocenters. The van der Waals surface area contributed by atoms with Crippen LogP contribution in [-0.4, -0.2) is 45.4 Å². The number of unbranched alkanes of at least 4 members (excludes halogenated alkanes) is 1. The minimum Gasteiger partial charge on any atom is -0.469 e. The Morgan fingerprint density at radius 3 is 2.36 bits per heavy atom. The number of nitrogens with zero attached hydrogens (tertiary/aromatic N) is 1. The van der Waals surface area contributed by atoms with Crippen LogP contribution in [0.3, 0.4) is 0 Å². The number of ether oxygens (including phenoxy) is 1. The van der Waals surface area contributed by atoms with E-state index < -0.39 is 10.0 Å². The highest BCUT2D eigenvalue weighted by molar-refractivity contribution is 7.92. The molecule has 0 radical (unpaired) electrons. The minimum atomic E-state index is -3.87. The number of sulfonamides is 1. The molecule has 0 atom stereocenters. The number of carbonyl (C=O) groups is 2. The first-order valence-corrected chi connectivity index (χ1v) is 12.8. The minimum absolute atomic E-state index is 0.0767. The molecule has 33 heavy (non-hydrogen) atoms. The number of carbonyl (C=O) groups excluding carboxylic acids is 2. The second-order valence-corrected chi connectivity index (χ2v) is 10.1. The predicted octanol–water partition coefficient (Wildman–Crippen LogP) is 4.16. The summed E-state index contributed by atoms with van der Waals surface area (Å²) in [6, 6.07) is 12.1. The van der Waals surface area contributed by atoms with Crippen molar-refractivity contribution in [2.75, 3.05) is 24.9 Å². The van der Waals surface area contributed by atoms with Crippen molar-refractivity contribution >= 4 is 27.6 Å². The van der Waals surface area contributed by atoms with Crippen molar-refractivity contribution in [3.8, 4) is 0 Å². The van der Waals surface area contributed by atoms with E-state index in [2.05, 4.69) is 11.6 Å². The lowest BCUT2D eigenvalue weighted by Gasteiger charge is -2.30. The first-order chi connectivity index (χ1) is 15.7. The first-order valence-electron chi connectivity index (χ1n) is 11.3. The number of hydrogen-bond acceptors (Lipinski definition) is 5. The number of hydrogen-bond donors (Lipinski definition) is 1. The maximum atomic E-state index is 13.1. The number of nitrogens with one attached hydrogen (secondary N) is 1. The lowest BCUT2D eigenvalue weighted by Crippen LogP contribution is -2.40. The second-order valence-electron chi connectivity index (χ2n) is 8.48. The van der Waals surface area contributed by atoms with Crippen LogP contribution in [0.5, 0.6) is 0 Å². The molecule has 1 heterocycles. The number of anilines is 1. The fraction of sp³-hybridized carbons (Fsp3) is 0.440. The highest BCUT2D eigenvalue weighted by atomic mass is 32.2. The fourth-order valence-electron chi connectivity index (χ4n) is 4.02. The summed E-state index contributed by atoms with van der Waals surface area (Å²) in [6.45, 7) is 4.70. The molecule has 1 amide bonds. The molecule has 3 rings (SSSR count). The van der Waals surface area contributed by atoms with Crippen molar-refractivity contribution in [1.29, 1.82) is 0 Å². The number of likely N-dealkylation sites (tertiary alicyclic amines) is 1. The molecule has 1 saturated heterocycles. The molecule has 2 aromatic rings. The number of esters is 1.